The van der Waals surface area contributed by atoms with E-state index in [9.17, 15) is 9.59 Å². The van der Waals surface area contributed by atoms with Crippen LogP contribution in [-0.2, 0) is 14.3 Å². The molecule has 2 aromatic rings. The number of esters is 1. The van der Waals surface area contributed by atoms with E-state index < -0.39 is 11.9 Å². The smallest absolute Gasteiger partial charge is 0.333 e. The molecule has 0 spiro atoms. The lowest BCUT2D eigenvalue weighted by atomic mass is 10.4. The van der Waals surface area contributed by atoms with Crippen molar-refractivity contribution in [1.82, 2.24) is 14.5 Å². The van der Waals surface area contributed by atoms with Crippen molar-refractivity contribution in [3.8, 4) is 0 Å². The standard InChI is InChI=1S/C7H7N.C6H10O3.C5H6N2.C3H5NO/c1-2-7-5-3-4-6-8-7;1-5(2)6(8)9-4-3-7;1-2-7-4-3-6-5-7;1-2-3(4)5/h2-6H,1H2;7H,1,3-4H2,2H3;2-5H,1H2;2H,1H2,(H2,4,5). The van der Waals surface area contributed by atoms with Gasteiger partial charge in [0.15, 0.2) is 0 Å². The van der Waals surface area contributed by atoms with Gasteiger partial charge in [0.1, 0.15) is 6.61 Å². The van der Waals surface area contributed by atoms with Gasteiger partial charge in [0, 0.05) is 30.4 Å². The first kappa shape index (κ1) is 27.4. The fraction of sp³-hybridized carbons (Fsp3) is 0.143. The van der Waals surface area contributed by atoms with E-state index in [1.165, 1.54) is 0 Å². The number of rotatable bonds is 6. The third-order valence-electron chi connectivity index (χ3n) is 2.51. The van der Waals surface area contributed by atoms with E-state index in [4.69, 9.17) is 5.11 Å². The zero-order chi connectivity index (χ0) is 22.5. The number of amides is 1. The molecule has 0 fully saturated rings. The van der Waals surface area contributed by atoms with Crippen LogP contribution in [0.3, 0.4) is 0 Å². The van der Waals surface area contributed by atoms with Gasteiger partial charge in [-0.1, -0.05) is 32.4 Å². The summed E-state index contributed by atoms with van der Waals surface area (Å²) in [6.45, 7) is 15.0. The van der Waals surface area contributed by atoms with Crippen LogP contribution in [-0.4, -0.2) is 44.7 Å². The van der Waals surface area contributed by atoms with Crippen molar-refractivity contribution in [2.75, 3.05) is 13.2 Å². The molecule has 8 heteroatoms. The Balaban J connectivity index is 0. The predicted molar refractivity (Wildman–Crippen MR) is 115 cm³/mol. The van der Waals surface area contributed by atoms with E-state index in [1.807, 2.05) is 24.4 Å². The summed E-state index contributed by atoms with van der Waals surface area (Å²) in [6, 6.07) is 5.73. The number of nitrogens with two attached hydrogens (primary N) is 1. The van der Waals surface area contributed by atoms with Gasteiger partial charge in [-0.15, -0.1) is 0 Å². The summed E-state index contributed by atoms with van der Waals surface area (Å²) in [5, 5.41) is 8.19. The van der Waals surface area contributed by atoms with Crippen molar-refractivity contribution >= 4 is 24.2 Å². The molecule has 0 saturated carbocycles. The first-order valence-corrected chi connectivity index (χ1v) is 8.31. The van der Waals surface area contributed by atoms with Gasteiger partial charge in [0.2, 0.25) is 5.91 Å². The predicted octanol–water partition coefficient (Wildman–Crippen LogP) is 2.46. The van der Waals surface area contributed by atoms with Crippen molar-refractivity contribution in [2.45, 2.75) is 6.92 Å². The van der Waals surface area contributed by atoms with Gasteiger partial charge in [0.25, 0.3) is 0 Å². The molecule has 29 heavy (non-hydrogen) atoms. The summed E-state index contributed by atoms with van der Waals surface area (Å²) in [4.78, 5) is 27.7. The monoisotopic (exact) mass is 400 g/mol. The molecule has 2 aromatic heterocycles. The Morgan fingerprint density at radius 3 is 2.21 bits per heavy atom. The second kappa shape index (κ2) is 19.0. The van der Waals surface area contributed by atoms with Crippen LogP contribution >= 0.6 is 0 Å². The number of aromatic nitrogens is 3. The van der Waals surface area contributed by atoms with Gasteiger partial charge in [-0.3, -0.25) is 9.78 Å². The van der Waals surface area contributed by atoms with E-state index in [0.29, 0.717) is 5.57 Å². The number of hydrogen-bond acceptors (Lipinski definition) is 6. The Morgan fingerprint density at radius 1 is 1.28 bits per heavy atom. The summed E-state index contributed by atoms with van der Waals surface area (Å²) in [5.41, 5.74) is 5.81. The highest BCUT2D eigenvalue weighted by atomic mass is 16.5. The lowest BCUT2D eigenvalue weighted by Crippen LogP contribution is -2.08. The Kier molecular flexibility index (Phi) is 18.0. The highest BCUT2D eigenvalue weighted by molar-refractivity contribution is 5.86. The Morgan fingerprint density at radius 2 is 1.93 bits per heavy atom. The molecule has 0 aliphatic rings. The Labute approximate surface area is 171 Å². The molecule has 0 saturated heterocycles. The number of hydrogen-bond donors (Lipinski definition) is 2. The van der Waals surface area contributed by atoms with Crippen LogP contribution in [0.2, 0.25) is 0 Å². The molecular formula is C21H28N4O4. The first-order valence-electron chi connectivity index (χ1n) is 8.31. The van der Waals surface area contributed by atoms with E-state index in [2.05, 4.69) is 46.8 Å². The molecule has 156 valence electrons. The molecule has 0 bridgehead atoms. The van der Waals surface area contributed by atoms with Crippen LogP contribution in [0.25, 0.3) is 12.3 Å². The number of ether oxygens (including phenoxy) is 1. The van der Waals surface area contributed by atoms with Crippen molar-refractivity contribution < 1.29 is 19.4 Å². The molecule has 2 rings (SSSR count). The summed E-state index contributed by atoms with van der Waals surface area (Å²) in [5.74, 6) is -0.936. The van der Waals surface area contributed by atoms with Crippen molar-refractivity contribution in [1.29, 1.82) is 0 Å². The number of carbonyl (C=O) groups excluding carboxylic acids is 2. The van der Waals surface area contributed by atoms with E-state index >= 15 is 0 Å². The van der Waals surface area contributed by atoms with Crippen LogP contribution in [0, 0.1) is 0 Å². The summed E-state index contributed by atoms with van der Waals surface area (Å²) < 4.78 is 6.24. The normalized spacial score (nSPS) is 8.21. The third kappa shape index (κ3) is 18.8. The fourth-order valence-corrected chi connectivity index (χ4v) is 1.14. The van der Waals surface area contributed by atoms with Crippen LogP contribution in [0.5, 0.6) is 0 Å². The number of pyridine rings is 1. The SMILES string of the molecule is C=C(C)C(=O)OCCO.C=CC(N)=O.C=Cc1ccccn1.C=Cn1ccnc1. The number of imidazole rings is 1. The maximum absolute atomic E-state index is 10.5. The zero-order valence-corrected chi connectivity index (χ0v) is 16.6. The van der Waals surface area contributed by atoms with Gasteiger partial charge >= 0.3 is 5.97 Å². The molecule has 0 aromatic carbocycles. The minimum atomic E-state index is -0.481. The second-order valence-electron chi connectivity index (χ2n) is 4.90. The molecule has 0 unspecified atom stereocenters. The quantitative estimate of drug-likeness (QED) is 0.568. The van der Waals surface area contributed by atoms with E-state index in [-0.39, 0.29) is 13.2 Å². The first-order chi connectivity index (χ1) is 13.8. The maximum atomic E-state index is 10.5. The molecular weight excluding hydrogens is 372 g/mol. The Bertz CT molecular complexity index is 741. The van der Waals surface area contributed by atoms with Crippen LogP contribution in [0.4, 0.5) is 0 Å². The largest absolute Gasteiger partial charge is 0.460 e. The summed E-state index contributed by atoms with van der Waals surface area (Å²) in [7, 11) is 0. The zero-order valence-electron chi connectivity index (χ0n) is 16.6. The average molecular weight is 400 g/mol. The number of primary amides is 1. The molecule has 0 aliphatic heterocycles. The molecule has 2 heterocycles. The van der Waals surface area contributed by atoms with Crippen molar-refractivity contribution in [3.05, 3.63) is 86.8 Å². The fourth-order valence-electron chi connectivity index (χ4n) is 1.14. The highest BCUT2D eigenvalue weighted by Crippen LogP contribution is 1.92. The minimum Gasteiger partial charge on any atom is -0.460 e. The second-order valence-corrected chi connectivity index (χ2v) is 4.90. The topological polar surface area (TPSA) is 120 Å². The molecule has 3 N–H and O–H groups in total. The van der Waals surface area contributed by atoms with Gasteiger partial charge in [-0.05, 0) is 31.2 Å². The molecule has 8 nitrogen and oxygen atoms in total. The lowest BCUT2D eigenvalue weighted by molar-refractivity contribution is -0.139. The van der Waals surface area contributed by atoms with Crippen LogP contribution in [0.1, 0.15) is 12.6 Å². The molecule has 0 radical (unpaired) electrons. The lowest BCUT2D eigenvalue weighted by Gasteiger charge is -1.99. The van der Waals surface area contributed by atoms with Gasteiger partial charge in [-0.2, -0.15) is 0 Å². The Hall–Kier alpha value is -3.78. The number of nitrogens with zero attached hydrogens (tertiary/aromatic N) is 3. The van der Waals surface area contributed by atoms with E-state index in [0.717, 1.165) is 11.8 Å². The number of aliphatic hydroxyl groups excluding tert-OH is 1. The van der Waals surface area contributed by atoms with Crippen LogP contribution in [0.15, 0.2) is 81.1 Å². The average Bonchev–Trinajstić information content (AvgIpc) is 3.27. The number of aliphatic hydroxyl groups is 1. The van der Waals surface area contributed by atoms with Crippen molar-refractivity contribution in [3.63, 3.8) is 0 Å². The number of carbonyl (C=O) groups is 2. The maximum Gasteiger partial charge on any atom is 0.333 e. The highest BCUT2D eigenvalue weighted by Gasteiger charge is 1.99. The van der Waals surface area contributed by atoms with Gasteiger partial charge in [-0.25, -0.2) is 9.78 Å². The van der Waals surface area contributed by atoms with E-state index in [1.54, 1.807) is 42.5 Å². The third-order valence-corrected chi connectivity index (χ3v) is 2.51. The van der Waals surface area contributed by atoms with Crippen LogP contribution < -0.4 is 5.73 Å². The molecule has 0 atom stereocenters. The van der Waals surface area contributed by atoms with Gasteiger partial charge < -0.3 is 20.1 Å². The molecule has 0 aliphatic carbocycles. The van der Waals surface area contributed by atoms with Crippen molar-refractivity contribution in [2.24, 2.45) is 5.73 Å². The summed E-state index contributed by atoms with van der Waals surface area (Å²) in [6.07, 6.45) is 11.4. The minimum absolute atomic E-state index is 0.0473. The van der Waals surface area contributed by atoms with Gasteiger partial charge in [0.05, 0.1) is 18.6 Å². The summed E-state index contributed by atoms with van der Waals surface area (Å²) >= 11 is 0. The molecule has 1 amide bonds.